The van der Waals surface area contributed by atoms with E-state index in [9.17, 15) is 97.0 Å². The lowest BCUT2D eigenvalue weighted by molar-refractivity contribution is -0.475. The lowest BCUT2D eigenvalue weighted by atomic mass is 9.83. The molecule has 24 heteroatoms. The van der Waals surface area contributed by atoms with Crippen molar-refractivity contribution in [2.45, 2.75) is 58.8 Å². The van der Waals surface area contributed by atoms with Crippen molar-refractivity contribution < 1.29 is 102 Å². The van der Waals surface area contributed by atoms with Crippen LogP contribution in [-0.4, -0.2) is 77.1 Å². The number of hydrogen-bond acceptors (Lipinski definition) is 3. The van der Waals surface area contributed by atoms with E-state index in [-0.39, 0.29) is 0 Å². The van der Waals surface area contributed by atoms with Crippen molar-refractivity contribution in [2.24, 2.45) is 0 Å². The molecule has 0 bridgehead atoms. The quantitative estimate of drug-likeness (QED) is 0.0939. The average Bonchev–Trinajstić information content (AvgIpc) is 2.73. The minimum absolute atomic E-state index is 0.299. The molecule has 0 aliphatic heterocycles. The summed E-state index contributed by atoms with van der Waals surface area (Å²) in [7, 11) is 0. The molecule has 0 fully saturated rings. The smallest absolute Gasteiger partial charge is 0.438 e. The molecule has 39 heavy (non-hydrogen) atoms. The van der Waals surface area contributed by atoms with Crippen LogP contribution < -0.4 is 0 Å². The van der Waals surface area contributed by atoms with Crippen molar-refractivity contribution >= 4 is 17.7 Å². The maximum Gasteiger partial charge on any atom is 0.438 e. The zero-order valence-corrected chi connectivity index (χ0v) is 18.2. The Morgan fingerprint density at radius 3 is 1.18 bits per heavy atom. The Hall–Kier alpha value is -1.91. The standard InChI is InChI=1S/C15H7F21O2S/c1-2-5(37)38-3-4-39-15(35,36)12(27,28)11(25,26)10(23,24)9(21,22)8(19,20)7(17,18)6(16,13(29,30)31)14(32,33)34/h2H,1,3-4H2. The Kier molecular flexibility index (Phi) is 9.68. The summed E-state index contributed by atoms with van der Waals surface area (Å²) in [5, 5.41) is -6.81. The summed E-state index contributed by atoms with van der Waals surface area (Å²) in [6.45, 7) is 1.26. The van der Waals surface area contributed by atoms with Gasteiger partial charge in [0.15, 0.2) is 0 Å². The number of ether oxygens (including phenoxy) is 1. The molecule has 0 aromatic heterocycles. The van der Waals surface area contributed by atoms with Gasteiger partial charge in [-0.15, -0.1) is 0 Å². The third-order valence-electron chi connectivity index (χ3n) is 4.33. The second-order valence-corrected chi connectivity index (χ2v) is 8.05. The number of carbonyl (C=O) groups is 1. The molecule has 0 aromatic carbocycles. The minimum atomic E-state index is -9.30. The fraction of sp³-hybridized carbons (Fsp3) is 0.800. The van der Waals surface area contributed by atoms with Gasteiger partial charge in [-0.25, -0.2) is 9.18 Å². The van der Waals surface area contributed by atoms with E-state index in [1.54, 1.807) is 0 Å². The topological polar surface area (TPSA) is 26.3 Å². The van der Waals surface area contributed by atoms with Gasteiger partial charge in [-0.1, -0.05) is 18.3 Å². The highest BCUT2D eigenvalue weighted by molar-refractivity contribution is 8.00. The lowest BCUT2D eigenvalue weighted by Crippen LogP contribution is -2.78. The number of rotatable bonds is 12. The van der Waals surface area contributed by atoms with Crippen LogP contribution in [0.4, 0.5) is 92.2 Å². The van der Waals surface area contributed by atoms with Gasteiger partial charge in [0.05, 0.1) is 0 Å². The van der Waals surface area contributed by atoms with E-state index in [0.717, 1.165) is 0 Å². The summed E-state index contributed by atoms with van der Waals surface area (Å²) in [5.41, 5.74) is -8.92. The van der Waals surface area contributed by atoms with Crippen LogP contribution >= 0.6 is 11.8 Å². The van der Waals surface area contributed by atoms with Crippen LogP contribution in [0.15, 0.2) is 12.7 Å². The van der Waals surface area contributed by atoms with Gasteiger partial charge in [0.25, 0.3) is 0 Å². The maximum atomic E-state index is 13.7. The first-order chi connectivity index (χ1) is 16.7. The SMILES string of the molecule is C=CC(=O)OCCSC(F)(F)C(F)(F)C(F)(F)C(F)(F)C(F)(F)C(F)(F)C(F)(F)C(F)(C(F)(F)F)C(F)(F)F. The Labute approximate surface area is 204 Å². The van der Waals surface area contributed by atoms with Gasteiger partial charge in [-0.05, 0) is 0 Å². The molecular formula is C15H7F21O2S. The van der Waals surface area contributed by atoms with Crippen molar-refractivity contribution in [3.63, 3.8) is 0 Å². The van der Waals surface area contributed by atoms with Crippen molar-refractivity contribution in [1.82, 2.24) is 0 Å². The number of hydrogen-bond donors (Lipinski definition) is 0. The molecule has 0 aromatic rings. The van der Waals surface area contributed by atoms with Crippen LogP contribution in [0.1, 0.15) is 0 Å². The highest BCUT2D eigenvalue weighted by Crippen LogP contribution is 2.67. The van der Waals surface area contributed by atoms with Gasteiger partial charge in [-0.3, -0.25) is 0 Å². The van der Waals surface area contributed by atoms with E-state index in [2.05, 4.69) is 11.3 Å². The Balaban J connectivity index is 6.82. The van der Waals surface area contributed by atoms with E-state index in [0.29, 0.717) is 6.08 Å². The molecular weight excluding hydrogens is 643 g/mol. The molecule has 2 nitrogen and oxygen atoms in total. The van der Waals surface area contributed by atoms with Crippen molar-refractivity contribution in [3.8, 4) is 0 Å². The fourth-order valence-electron chi connectivity index (χ4n) is 2.17. The molecule has 0 atom stereocenters. The molecule has 0 saturated carbocycles. The van der Waals surface area contributed by atoms with Gasteiger partial charge >= 0.3 is 64.8 Å². The highest BCUT2D eigenvalue weighted by atomic mass is 32.2. The molecule has 0 aliphatic carbocycles. The summed E-state index contributed by atoms with van der Waals surface area (Å²) < 4.78 is 282. The summed E-state index contributed by atoms with van der Waals surface area (Å²) >= 11 is -1.93. The fourth-order valence-corrected chi connectivity index (χ4v) is 2.90. The van der Waals surface area contributed by atoms with Gasteiger partial charge in [0.1, 0.15) is 6.61 Å². The second-order valence-electron chi connectivity index (χ2n) is 6.84. The predicted octanol–water partition coefficient (Wildman–Crippen LogP) is 7.69. The summed E-state index contributed by atoms with van der Waals surface area (Å²) in [6.07, 6.45) is -16.6. The maximum absolute atomic E-state index is 13.7. The molecule has 232 valence electrons. The summed E-state index contributed by atoms with van der Waals surface area (Å²) in [5.74, 6) is -56.9. The zero-order valence-electron chi connectivity index (χ0n) is 17.4. The molecule has 0 aliphatic rings. The van der Waals surface area contributed by atoms with Crippen LogP contribution in [0.2, 0.25) is 0 Å². The first kappa shape index (κ1) is 37.1. The molecule has 0 rings (SSSR count). The molecule has 0 amide bonds. The number of halogens is 21. The first-order valence-corrected chi connectivity index (χ1v) is 9.59. The number of carbonyl (C=O) groups excluding carboxylic acids is 1. The van der Waals surface area contributed by atoms with Crippen LogP contribution in [-0.2, 0) is 9.53 Å². The Morgan fingerprint density at radius 2 is 0.872 bits per heavy atom. The van der Waals surface area contributed by atoms with Crippen LogP contribution in [0.25, 0.3) is 0 Å². The van der Waals surface area contributed by atoms with Crippen LogP contribution in [0.3, 0.4) is 0 Å². The van der Waals surface area contributed by atoms with Gasteiger partial charge in [0, 0.05) is 11.8 Å². The van der Waals surface area contributed by atoms with Crippen molar-refractivity contribution in [1.29, 1.82) is 0 Å². The third kappa shape index (κ3) is 5.28. The van der Waals surface area contributed by atoms with E-state index in [4.69, 9.17) is 0 Å². The Morgan fingerprint density at radius 1 is 0.564 bits per heavy atom. The van der Waals surface area contributed by atoms with E-state index < -0.39 is 88.9 Å². The zero-order chi connectivity index (χ0) is 32.1. The molecule has 0 saturated heterocycles. The van der Waals surface area contributed by atoms with Crippen LogP contribution in [0.5, 0.6) is 0 Å². The first-order valence-electron chi connectivity index (χ1n) is 8.61. The van der Waals surface area contributed by atoms with Crippen molar-refractivity contribution in [3.05, 3.63) is 12.7 Å². The average molecular weight is 650 g/mol. The lowest BCUT2D eigenvalue weighted by Gasteiger charge is -2.45. The van der Waals surface area contributed by atoms with E-state index in [1.807, 2.05) is 0 Å². The van der Waals surface area contributed by atoms with Crippen molar-refractivity contribution in [2.75, 3.05) is 12.4 Å². The largest absolute Gasteiger partial charge is 0.462 e. The molecule has 0 radical (unpaired) electrons. The normalized spacial score (nSPS) is 15.8. The van der Waals surface area contributed by atoms with Gasteiger partial charge < -0.3 is 4.74 Å². The number of thioether (sulfide) groups is 1. The van der Waals surface area contributed by atoms with E-state index >= 15 is 0 Å². The number of alkyl halides is 21. The third-order valence-corrected chi connectivity index (χ3v) is 5.32. The summed E-state index contributed by atoms with van der Waals surface area (Å²) in [6, 6.07) is 0. The minimum Gasteiger partial charge on any atom is -0.462 e. The monoisotopic (exact) mass is 650 g/mol. The van der Waals surface area contributed by atoms with Gasteiger partial charge in [0.2, 0.25) is 0 Å². The van der Waals surface area contributed by atoms with Crippen LogP contribution in [0, 0.1) is 0 Å². The number of esters is 1. The van der Waals surface area contributed by atoms with Gasteiger partial charge in [-0.2, -0.15) is 87.8 Å². The molecule has 0 N–H and O–H groups in total. The summed E-state index contributed by atoms with van der Waals surface area (Å²) in [4.78, 5) is 10.6. The molecule has 0 heterocycles. The molecule has 0 unspecified atom stereocenters. The van der Waals surface area contributed by atoms with E-state index in [1.165, 1.54) is 0 Å². The highest BCUT2D eigenvalue weighted by Gasteiger charge is 2.99. The second kappa shape index (κ2) is 10.2. The molecule has 0 spiro atoms. The predicted molar refractivity (Wildman–Crippen MR) is 84.2 cm³/mol. The Bertz CT molecular complexity index is 888.